The van der Waals surface area contributed by atoms with Gasteiger partial charge in [0.05, 0.1) is 11.1 Å². The normalized spacial score (nSPS) is 10.6. The maximum Gasteiger partial charge on any atom is 0.341 e. The van der Waals surface area contributed by atoms with Gasteiger partial charge in [0, 0.05) is 24.8 Å². The zero-order chi connectivity index (χ0) is 14.1. The summed E-state index contributed by atoms with van der Waals surface area (Å²) >= 11 is 0. The molecule has 0 unspecified atom stereocenters. The van der Waals surface area contributed by atoms with Crippen molar-refractivity contribution in [3.8, 4) is 5.69 Å². The number of carboxylic acids is 1. The van der Waals surface area contributed by atoms with Gasteiger partial charge in [0.15, 0.2) is 0 Å². The van der Waals surface area contributed by atoms with Crippen LogP contribution in [-0.2, 0) is 0 Å². The summed E-state index contributed by atoms with van der Waals surface area (Å²) in [5.41, 5.74) is 0.271. The molecule has 3 aromatic heterocycles. The lowest BCUT2D eigenvalue weighted by Gasteiger charge is -2.10. The number of aromatic carboxylic acids is 1. The van der Waals surface area contributed by atoms with Crippen molar-refractivity contribution < 1.29 is 9.90 Å². The highest BCUT2D eigenvalue weighted by Gasteiger charge is 2.15. The van der Waals surface area contributed by atoms with Crippen LogP contribution in [0.15, 0.2) is 53.8 Å². The minimum atomic E-state index is -1.26. The van der Waals surface area contributed by atoms with E-state index >= 15 is 0 Å². The molecule has 0 aliphatic heterocycles. The summed E-state index contributed by atoms with van der Waals surface area (Å²) in [6.07, 6.45) is 6.01. The average molecular weight is 267 g/mol. The van der Waals surface area contributed by atoms with Crippen LogP contribution >= 0.6 is 0 Å². The Kier molecular flexibility index (Phi) is 2.76. The number of nitrogens with zero attached hydrogens (tertiary/aromatic N) is 3. The summed E-state index contributed by atoms with van der Waals surface area (Å²) in [5, 5.41) is 9.42. The van der Waals surface area contributed by atoms with Gasteiger partial charge in [-0.25, -0.2) is 9.78 Å². The zero-order valence-corrected chi connectivity index (χ0v) is 10.2. The molecule has 6 nitrogen and oxygen atoms in total. The monoisotopic (exact) mass is 267 g/mol. The standard InChI is InChI=1S/C14H9N3O3/c18-12-10-2-1-5-16-13(10)17(8-11(12)14(19)20)9-3-6-15-7-4-9/h1-8H,(H,19,20). The van der Waals surface area contributed by atoms with E-state index in [4.69, 9.17) is 5.11 Å². The van der Waals surface area contributed by atoms with Gasteiger partial charge < -0.3 is 9.67 Å². The van der Waals surface area contributed by atoms with E-state index in [1.807, 2.05) is 0 Å². The fourth-order valence-corrected chi connectivity index (χ4v) is 2.01. The number of hydrogen-bond acceptors (Lipinski definition) is 4. The molecule has 0 amide bonds. The molecule has 0 aromatic carbocycles. The van der Waals surface area contributed by atoms with E-state index in [1.54, 1.807) is 47.4 Å². The molecule has 0 bridgehead atoms. The van der Waals surface area contributed by atoms with E-state index in [0.29, 0.717) is 11.3 Å². The number of rotatable bonds is 2. The Morgan fingerprint density at radius 1 is 1.15 bits per heavy atom. The molecule has 6 heteroatoms. The molecule has 3 rings (SSSR count). The first kappa shape index (κ1) is 12.0. The van der Waals surface area contributed by atoms with Crippen LogP contribution in [0, 0.1) is 0 Å². The van der Waals surface area contributed by atoms with E-state index in [0.717, 1.165) is 0 Å². The molecule has 0 saturated carbocycles. The Bertz CT molecular complexity index is 856. The van der Waals surface area contributed by atoms with Gasteiger partial charge in [-0.3, -0.25) is 9.78 Å². The van der Waals surface area contributed by atoms with Crippen molar-refractivity contribution in [3.63, 3.8) is 0 Å². The maximum atomic E-state index is 12.1. The van der Waals surface area contributed by atoms with Crippen molar-refractivity contribution in [2.45, 2.75) is 0 Å². The smallest absolute Gasteiger partial charge is 0.341 e. The number of fused-ring (bicyclic) bond motifs is 1. The SMILES string of the molecule is O=C(O)c1cn(-c2ccncc2)c2ncccc2c1=O. The maximum absolute atomic E-state index is 12.1. The second-order valence-electron chi connectivity index (χ2n) is 4.13. The Morgan fingerprint density at radius 2 is 1.90 bits per heavy atom. The summed E-state index contributed by atoms with van der Waals surface area (Å²) < 4.78 is 1.57. The summed E-state index contributed by atoms with van der Waals surface area (Å²) in [4.78, 5) is 31.4. The molecule has 0 radical (unpaired) electrons. The first-order valence-corrected chi connectivity index (χ1v) is 5.82. The third kappa shape index (κ3) is 1.83. The van der Waals surface area contributed by atoms with Crippen molar-refractivity contribution in [1.82, 2.24) is 14.5 Å². The number of pyridine rings is 3. The molecule has 0 spiro atoms. The predicted octanol–water partition coefficient (Wildman–Crippen LogP) is 1.48. The van der Waals surface area contributed by atoms with Gasteiger partial charge in [-0.1, -0.05) is 0 Å². The lowest BCUT2D eigenvalue weighted by atomic mass is 10.2. The van der Waals surface area contributed by atoms with Gasteiger partial charge in [0.2, 0.25) is 5.43 Å². The quantitative estimate of drug-likeness (QED) is 0.760. The summed E-state index contributed by atoms with van der Waals surface area (Å²) in [6.45, 7) is 0. The number of carboxylic acid groups (broad SMARTS) is 1. The highest BCUT2D eigenvalue weighted by Crippen LogP contribution is 2.14. The molecule has 98 valence electrons. The van der Waals surface area contributed by atoms with Gasteiger partial charge in [-0.15, -0.1) is 0 Å². The van der Waals surface area contributed by atoms with Crippen LogP contribution in [0.25, 0.3) is 16.7 Å². The minimum absolute atomic E-state index is 0.268. The van der Waals surface area contributed by atoms with E-state index in [9.17, 15) is 9.59 Å². The lowest BCUT2D eigenvalue weighted by molar-refractivity contribution is 0.0695. The molecule has 1 N–H and O–H groups in total. The third-order valence-electron chi connectivity index (χ3n) is 2.93. The zero-order valence-electron chi connectivity index (χ0n) is 10.2. The van der Waals surface area contributed by atoms with E-state index in [1.165, 1.54) is 6.20 Å². The van der Waals surface area contributed by atoms with E-state index in [2.05, 4.69) is 9.97 Å². The van der Waals surface area contributed by atoms with Gasteiger partial charge >= 0.3 is 5.97 Å². The van der Waals surface area contributed by atoms with E-state index < -0.39 is 11.4 Å². The van der Waals surface area contributed by atoms with Crippen LogP contribution in [0.3, 0.4) is 0 Å². The minimum Gasteiger partial charge on any atom is -0.477 e. The van der Waals surface area contributed by atoms with Crippen LogP contribution in [0.1, 0.15) is 10.4 Å². The fourth-order valence-electron chi connectivity index (χ4n) is 2.01. The topological polar surface area (TPSA) is 85.1 Å². The Morgan fingerprint density at radius 3 is 2.60 bits per heavy atom. The van der Waals surface area contributed by atoms with Crippen LogP contribution in [0.4, 0.5) is 0 Å². The van der Waals surface area contributed by atoms with Gasteiger partial charge in [-0.2, -0.15) is 0 Å². The van der Waals surface area contributed by atoms with Crippen LogP contribution in [-0.4, -0.2) is 25.6 Å². The molecule has 0 fully saturated rings. The molecule has 3 heterocycles. The first-order valence-electron chi connectivity index (χ1n) is 5.82. The Balaban J connectivity index is 2.46. The largest absolute Gasteiger partial charge is 0.477 e. The summed E-state index contributed by atoms with van der Waals surface area (Å²) in [5.74, 6) is -1.26. The van der Waals surface area contributed by atoms with Gasteiger partial charge in [0.1, 0.15) is 11.2 Å². The van der Waals surface area contributed by atoms with Gasteiger partial charge in [-0.05, 0) is 24.3 Å². The number of hydrogen-bond donors (Lipinski definition) is 1. The van der Waals surface area contributed by atoms with E-state index in [-0.39, 0.29) is 10.9 Å². The van der Waals surface area contributed by atoms with Crippen molar-refractivity contribution in [2.24, 2.45) is 0 Å². The summed E-state index contributed by atoms with van der Waals surface area (Å²) in [7, 11) is 0. The van der Waals surface area contributed by atoms with Crippen molar-refractivity contribution in [2.75, 3.05) is 0 Å². The third-order valence-corrected chi connectivity index (χ3v) is 2.93. The van der Waals surface area contributed by atoms with Crippen LogP contribution < -0.4 is 5.43 Å². The van der Waals surface area contributed by atoms with Crippen LogP contribution in [0.2, 0.25) is 0 Å². The second kappa shape index (κ2) is 4.58. The first-order chi connectivity index (χ1) is 9.68. The molecule has 0 aliphatic carbocycles. The van der Waals surface area contributed by atoms with Crippen LogP contribution in [0.5, 0.6) is 0 Å². The molecule has 0 atom stereocenters. The molecule has 20 heavy (non-hydrogen) atoms. The van der Waals surface area contributed by atoms with Gasteiger partial charge in [0.25, 0.3) is 0 Å². The number of carbonyl (C=O) groups is 1. The highest BCUT2D eigenvalue weighted by atomic mass is 16.4. The van der Waals surface area contributed by atoms with Crippen molar-refractivity contribution >= 4 is 17.0 Å². The number of aromatic nitrogens is 3. The Hall–Kier alpha value is -3.02. The molecular formula is C14H9N3O3. The highest BCUT2D eigenvalue weighted by molar-refractivity contribution is 5.92. The molecule has 3 aromatic rings. The second-order valence-corrected chi connectivity index (χ2v) is 4.13. The lowest BCUT2D eigenvalue weighted by Crippen LogP contribution is -2.18. The fraction of sp³-hybridized carbons (Fsp3) is 0. The molecule has 0 aliphatic rings. The summed E-state index contributed by atoms with van der Waals surface area (Å²) in [6, 6.07) is 6.59. The average Bonchev–Trinajstić information content (AvgIpc) is 2.48. The molecule has 0 saturated heterocycles. The van der Waals surface area contributed by atoms with Crippen molar-refractivity contribution in [3.05, 3.63) is 64.8 Å². The predicted molar refractivity (Wildman–Crippen MR) is 72.1 cm³/mol. The Labute approximate surface area is 113 Å². The molecular weight excluding hydrogens is 258 g/mol. The van der Waals surface area contributed by atoms with Crippen molar-refractivity contribution in [1.29, 1.82) is 0 Å².